The summed E-state index contributed by atoms with van der Waals surface area (Å²) in [5.41, 5.74) is 0.866. The molecule has 0 aromatic heterocycles. The molecule has 0 bridgehead atoms. The summed E-state index contributed by atoms with van der Waals surface area (Å²) in [7, 11) is -3.81. The number of nitrogens with one attached hydrogen (secondary N) is 1. The van der Waals surface area contributed by atoms with Crippen LogP contribution in [0.25, 0.3) is 0 Å². The number of benzene rings is 2. The lowest BCUT2D eigenvalue weighted by Crippen LogP contribution is -2.13. The van der Waals surface area contributed by atoms with E-state index in [1.165, 1.54) is 18.2 Å². The Kier molecular flexibility index (Phi) is 5.46. The Morgan fingerprint density at radius 1 is 1.12 bits per heavy atom. The molecule has 0 atom stereocenters. The number of carboxylic acids is 1. The van der Waals surface area contributed by atoms with Crippen LogP contribution >= 0.6 is 0 Å². The van der Waals surface area contributed by atoms with E-state index in [0.717, 1.165) is 37.0 Å². The predicted molar refractivity (Wildman–Crippen MR) is 90.9 cm³/mol. The average molecular weight is 349 g/mol. The highest BCUT2D eigenvalue weighted by Crippen LogP contribution is 2.24. The summed E-state index contributed by atoms with van der Waals surface area (Å²) >= 11 is 0. The van der Waals surface area contributed by atoms with Crippen LogP contribution in [0.2, 0.25) is 0 Å². The van der Waals surface area contributed by atoms with Gasteiger partial charge in [-0.15, -0.1) is 0 Å². The lowest BCUT2D eigenvalue weighted by atomic mass is 10.1. The van der Waals surface area contributed by atoms with E-state index in [0.29, 0.717) is 0 Å². The van der Waals surface area contributed by atoms with Crippen LogP contribution in [-0.4, -0.2) is 24.6 Å². The lowest BCUT2D eigenvalue weighted by molar-refractivity contribution is 0.0694. The van der Waals surface area contributed by atoms with E-state index in [4.69, 9.17) is 5.11 Å². The quantitative estimate of drug-likeness (QED) is 0.712. The molecule has 0 saturated heterocycles. The fourth-order valence-corrected chi connectivity index (χ4v) is 3.26. The van der Waals surface area contributed by atoms with Crippen molar-refractivity contribution in [3.63, 3.8) is 0 Å². The van der Waals surface area contributed by atoms with Crippen molar-refractivity contribution in [1.29, 1.82) is 0 Å². The topological polar surface area (TPSA) is 104 Å². The molecule has 2 rings (SSSR count). The second-order valence-corrected chi connectivity index (χ2v) is 7.07. The molecule has 0 heterocycles. The van der Waals surface area contributed by atoms with Crippen molar-refractivity contribution in [2.45, 2.75) is 31.1 Å². The van der Waals surface area contributed by atoms with E-state index >= 15 is 0 Å². The first kappa shape index (κ1) is 17.8. The summed E-state index contributed by atoms with van der Waals surface area (Å²) in [6.07, 6.45) is 3.01. The number of anilines is 1. The van der Waals surface area contributed by atoms with Gasteiger partial charge in [-0.05, 0) is 42.7 Å². The number of rotatable bonds is 7. The highest BCUT2D eigenvalue weighted by Gasteiger charge is 2.16. The maximum atomic E-state index is 12.3. The minimum atomic E-state index is -3.81. The molecule has 2 aromatic carbocycles. The molecule has 128 valence electrons. The third kappa shape index (κ3) is 4.26. The fourth-order valence-electron chi connectivity index (χ4n) is 2.21. The molecule has 2 aromatic rings. The first-order valence-electron chi connectivity index (χ1n) is 7.51. The van der Waals surface area contributed by atoms with Gasteiger partial charge >= 0.3 is 5.97 Å². The minimum Gasteiger partial charge on any atom is -0.507 e. The zero-order valence-corrected chi connectivity index (χ0v) is 14.0. The van der Waals surface area contributed by atoms with Crippen LogP contribution in [0.3, 0.4) is 0 Å². The monoisotopic (exact) mass is 349 g/mol. The molecule has 6 nitrogen and oxygen atoms in total. The highest BCUT2D eigenvalue weighted by atomic mass is 32.2. The zero-order chi connectivity index (χ0) is 17.7. The molecule has 3 N–H and O–H groups in total. The normalized spacial score (nSPS) is 11.2. The van der Waals surface area contributed by atoms with Crippen molar-refractivity contribution >= 4 is 21.7 Å². The van der Waals surface area contributed by atoms with Crippen LogP contribution < -0.4 is 4.72 Å². The van der Waals surface area contributed by atoms with Crippen molar-refractivity contribution in [2.24, 2.45) is 0 Å². The third-order valence-electron chi connectivity index (χ3n) is 3.53. The molecular weight excluding hydrogens is 330 g/mol. The number of aryl methyl sites for hydroxylation is 1. The summed E-state index contributed by atoms with van der Waals surface area (Å²) in [6, 6.07) is 10.1. The number of aromatic hydroxyl groups is 1. The van der Waals surface area contributed by atoms with Gasteiger partial charge in [0.25, 0.3) is 10.0 Å². The second-order valence-electron chi connectivity index (χ2n) is 5.39. The predicted octanol–water partition coefficient (Wildman–Crippen LogP) is 3.23. The number of carbonyl (C=O) groups is 1. The average Bonchev–Trinajstić information content (AvgIpc) is 2.52. The van der Waals surface area contributed by atoms with E-state index in [1.54, 1.807) is 12.1 Å². The number of unbranched alkanes of at least 4 members (excludes halogenated alkanes) is 1. The molecule has 0 saturated carbocycles. The highest BCUT2D eigenvalue weighted by molar-refractivity contribution is 7.92. The van der Waals surface area contributed by atoms with Crippen LogP contribution in [0.5, 0.6) is 5.75 Å². The SMILES string of the molecule is CCCCc1ccc(S(=O)(=O)Nc2ccc(C(=O)O)c(O)c2)cc1. The summed E-state index contributed by atoms with van der Waals surface area (Å²) in [4.78, 5) is 10.9. The first-order valence-corrected chi connectivity index (χ1v) is 9.00. The molecule has 7 heteroatoms. The van der Waals surface area contributed by atoms with Gasteiger partial charge in [0.15, 0.2) is 0 Å². The van der Waals surface area contributed by atoms with Crippen molar-refractivity contribution < 1.29 is 23.4 Å². The zero-order valence-electron chi connectivity index (χ0n) is 13.2. The molecule has 0 spiro atoms. The van der Waals surface area contributed by atoms with Gasteiger partial charge in [-0.3, -0.25) is 4.72 Å². The molecule has 0 aliphatic heterocycles. The molecule has 0 amide bonds. The number of phenols is 1. The van der Waals surface area contributed by atoms with Crippen molar-refractivity contribution in [3.05, 3.63) is 53.6 Å². The Morgan fingerprint density at radius 3 is 2.33 bits per heavy atom. The Hall–Kier alpha value is -2.54. The van der Waals surface area contributed by atoms with Gasteiger partial charge in [0, 0.05) is 6.07 Å². The molecular formula is C17H19NO5S. The Bertz CT molecular complexity index is 829. The van der Waals surface area contributed by atoms with Gasteiger partial charge in [0.2, 0.25) is 0 Å². The van der Waals surface area contributed by atoms with Crippen LogP contribution in [-0.2, 0) is 16.4 Å². The Balaban J connectivity index is 2.19. The number of aromatic carboxylic acids is 1. The number of sulfonamides is 1. The summed E-state index contributed by atoms with van der Waals surface area (Å²) < 4.78 is 27.0. The first-order chi connectivity index (χ1) is 11.3. The molecule has 24 heavy (non-hydrogen) atoms. The van der Waals surface area contributed by atoms with E-state index in [2.05, 4.69) is 11.6 Å². The summed E-state index contributed by atoms with van der Waals surface area (Å²) in [6.45, 7) is 2.09. The molecule has 0 aliphatic rings. The van der Waals surface area contributed by atoms with Gasteiger partial charge in [0.05, 0.1) is 10.6 Å². The van der Waals surface area contributed by atoms with Crippen molar-refractivity contribution in [1.82, 2.24) is 0 Å². The number of hydrogen-bond donors (Lipinski definition) is 3. The minimum absolute atomic E-state index is 0.0903. The van der Waals surface area contributed by atoms with E-state index in [9.17, 15) is 18.3 Å². The Labute approximate surface area is 140 Å². The Morgan fingerprint density at radius 2 is 1.79 bits per heavy atom. The van der Waals surface area contributed by atoms with Gasteiger partial charge in [0.1, 0.15) is 11.3 Å². The largest absolute Gasteiger partial charge is 0.507 e. The second kappa shape index (κ2) is 7.35. The number of carboxylic acid groups (broad SMARTS) is 1. The fraction of sp³-hybridized carbons (Fsp3) is 0.235. The lowest BCUT2D eigenvalue weighted by Gasteiger charge is -2.10. The third-order valence-corrected chi connectivity index (χ3v) is 4.93. The molecule has 0 fully saturated rings. The number of hydrogen-bond acceptors (Lipinski definition) is 4. The van der Waals surface area contributed by atoms with Crippen LogP contribution in [0.1, 0.15) is 35.7 Å². The summed E-state index contributed by atoms with van der Waals surface area (Å²) in [5, 5.41) is 18.5. The molecule has 0 unspecified atom stereocenters. The molecule has 0 aliphatic carbocycles. The molecule has 0 radical (unpaired) electrons. The van der Waals surface area contributed by atoms with Gasteiger partial charge in [-0.25, -0.2) is 13.2 Å². The van der Waals surface area contributed by atoms with E-state index in [1.807, 2.05) is 0 Å². The maximum Gasteiger partial charge on any atom is 0.339 e. The summed E-state index contributed by atoms with van der Waals surface area (Å²) in [5.74, 6) is -1.79. The smallest absolute Gasteiger partial charge is 0.339 e. The van der Waals surface area contributed by atoms with Gasteiger partial charge in [-0.2, -0.15) is 0 Å². The van der Waals surface area contributed by atoms with Crippen molar-refractivity contribution in [2.75, 3.05) is 4.72 Å². The standard InChI is InChI=1S/C17H19NO5S/c1-2-3-4-12-5-8-14(9-6-12)24(22,23)18-13-7-10-15(17(20)21)16(19)11-13/h5-11,18-19H,2-4H2,1H3,(H,20,21). The van der Waals surface area contributed by atoms with E-state index < -0.39 is 21.7 Å². The van der Waals surface area contributed by atoms with Crippen LogP contribution in [0, 0.1) is 0 Å². The van der Waals surface area contributed by atoms with Crippen molar-refractivity contribution in [3.8, 4) is 5.75 Å². The van der Waals surface area contributed by atoms with E-state index in [-0.39, 0.29) is 16.1 Å². The van der Waals surface area contributed by atoms with Crippen LogP contribution in [0.15, 0.2) is 47.4 Å². The maximum absolute atomic E-state index is 12.3. The van der Waals surface area contributed by atoms with Crippen LogP contribution in [0.4, 0.5) is 5.69 Å². The van der Waals surface area contributed by atoms with Gasteiger partial charge < -0.3 is 10.2 Å². The van der Waals surface area contributed by atoms with Gasteiger partial charge in [-0.1, -0.05) is 25.5 Å².